The van der Waals surface area contributed by atoms with Crippen LogP contribution in [-0.2, 0) is 4.74 Å². The van der Waals surface area contributed by atoms with Crippen molar-refractivity contribution in [2.24, 2.45) is 0 Å². The maximum Gasteiger partial charge on any atom is 0.243 e. The van der Waals surface area contributed by atoms with Crippen molar-refractivity contribution in [3.05, 3.63) is 0 Å². The molecule has 0 N–H and O–H groups in total. The van der Waals surface area contributed by atoms with Gasteiger partial charge < -0.3 is 4.74 Å². The zero-order valence-electron chi connectivity index (χ0n) is 7.63. The summed E-state index contributed by atoms with van der Waals surface area (Å²) in [7, 11) is 4.15. The van der Waals surface area contributed by atoms with E-state index in [1.165, 1.54) is 5.84 Å². The summed E-state index contributed by atoms with van der Waals surface area (Å²) in [6.07, 6.45) is 0. The van der Waals surface area contributed by atoms with E-state index in [2.05, 4.69) is 30.5 Å². The monoisotopic (exact) mass is 157 g/mol. The van der Waals surface area contributed by atoms with Crippen molar-refractivity contribution >= 4 is 5.84 Å². The second-order valence-corrected chi connectivity index (χ2v) is 3.04. The van der Waals surface area contributed by atoms with Gasteiger partial charge in [0.25, 0.3) is 0 Å². The lowest BCUT2D eigenvalue weighted by atomic mass is 10.4. The molecule has 0 aromatic carbocycles. The van der Waals surface area contributed by atoms with E-state index in [4.69, 9.17) is 4.74 Å². The summed E-state index contributed by atoms with van der Waals surface area (Å²) in [6.45, 7) is 5.94. The van der Waals surface area contributed by atoms with Gasteiger partial charge in [-0.25, -0.2) is 0 Å². The van der Waals surface area contributed by atoms with Crippen molar-refractivity contribution in [1.82, 2.24) is 4.90 Å². The molecule has 3 heteroatoms. The normalized spacial score (nSPS) is 18.3. The number of amidine groups is 1. The molecule has 1 heterocycles. The van der Waals surface area contributed by atoms with Crippen LogP contribution in [0.1, 0.15) is 6.92 Å². The first-order chi connectivity index (χ1) is 5.22. The van der Waals surface area contributed by atoms with Gasteiger partial charge in [0.05, 0.1) is 27.3 Å². The van der Waals surface area contributed by atoms with Crippen LogP contribution in [0, 0.1) is 0 Å². The number of hydrogen-bond acceptors (Lipinski definition) is 1. The second kappa shape index (κ2) is 3.72. The molecular formula is C8H17N2O+. The number of rotatable bonds is 0. The Labute approximate surface area is 68.3 Å². The molecule has 0 aromatic heterocycles. The topological polar surface area (TPSA) is 15.5 Å². The molecular weight excluding hydrogens is 140 g/mol. The molecule has 0 aromatic rings. The Morgan fingerprint density at radius 2 is 1.82 bits per heavy atom. The average Bonchev–Trinajstić information content (AvgIpc) is 2.05. The second-order valence-electron chi connectivity index (χ2n) is 3.04. The maximum atomic E-state index is 5.26. The first-order valence-electron chi connectivity index (χ1n) is 4.05. The molecule has 0 radical (unpaired) electrons. The van der Waals surface area contributed by atoms with Crippen molar-refractivity contribution < 1.29 is 9.31 Å². The Kier molecular flexibility index (Phi) is 2.88. The molecule has 0 aliphatic carbocycles. The molecule has 0 atom stereocenters. The van der Waals surface area contributed by atoms with Crippen LogP contribution in [0.2, 0.25) is 0 Å². The molecule has 3 nitrogen and oxygen atoms in total. The Bertz CT molecular complexity index is 155. The lowest BCUT2D eigenvalue weighted by Crippen LogP contribution is -2.42. The Morgan fingerprint density at radius 1 is 1.27 bits per heavy atom. The van der Waals surface area contributed by atoms with Gasteiger partial charge in [0.1, 0.15) is 13.1 Å². The van der Waals surface area contributed by atoms with E-state index in [0.29, 0.717) is 0 Å². The molecule has 0 spiro atoms. The summed E-state index contributed by atoms with van der Waals surface area (Å²) in [5, 5.41) is 0. The van der Waals surface area contributed by atoms with Crippen molar-refractivity contribution in [3.8, 4) is 0 Å². The molecule has 0 saturated carbocycles. The third kappa shape index (κ3) is 2.19. The maximum absolute atomic E-state index is 5.26. The minimum absolute atomic E-state index is 0.866. The fraction of sp³-hybridized carbons (Fsp3) is 0.875. The summed E-state index contributed by atoms with van der Waals surface area (Å²) in [4.78, 5) is 2.35. The predicted molar refractivity (Wildman–Crippen MR) is 45.2 cm³/mol. The first-order valence-corrected chi connectivity index (χ1v) is 4.05. The van der Waals surface area contributed by atoms with Crippen molar-refractivity contribution in [2.45, 2.75) is 6.92 Å². The Morgan fingerprint density at radius 3 is 2.27 bits per heavy atom. The Balaban J connectivity index is 2.52. The highest BCUT2D eigenvalue weighted by molar-refractivity contribution is 5.74. The van der Waals surface area contributed by atoms with Gasteiger partial charge in [-0.2, -0.15) is 0 Å². The van der Waals surface area contributed by atoms with Crippen molar-refractivity contribution in [3.63, 3.8) is 0 Å². The lowest BCUT2D eigenvalue weighted by Gasteiger charge is -2.22. The molecule has 1 aliphatic rings. The number of nitrogens with zero attached hydrogens (tertiary/aromatic N) is 2. The fourth-order valence-corrected chi connectivity index (χ4v) is 1.17. The predicted octanol–water partition coefficient (Wildman–Crippen LogP) is 0.00910. The molecule has 1 fully saturated rings. The van der Waals surface area contributed by atoms with E-state index in [1.54, 1.807) is 0 Å². The highest BCUT2D eigenvalue weighted by Gasteiger charge is 2.18. The zero-order chi connectivity index (χ0) is 8.27. The van der Waals surface area contributed by atoms with Gasteiger partial charge in [-0.3, -0.25) is 9.48 Å². The van der Waals surface area contributed by atoms with E-state index in [9.17, 15) is 0 Å². The van der Waals surface area contributed by atoms with Crippen LogP contribution in [-0.4, -0.2) is 55.7 Å². The van der Waals surface area contributed by atoms with Crippen LogP contribution in [0.5, 0.6) is 0 Å². The van der Waals surface area contributed by atoms with Crippen LogP contribution in [0.25, 0.3) is 0 Å². The summed E-state index contributed by atoms with van der Waals surface area (Å²) in [5.41, 5.74) is 0. The largest absolute Gasteiger partial charge is 0.373 e. The van der Waals surface area contributed by atoms with Crippen LogP contribution >= 0.6 is 0 Å². The van der Waals surface area contributed by atoms with Gasteiger partial charge >= 0.3 is 0 Å². The summed E-state index contributed by atoms with van der Waals surface area (Å²) in [5.74, 6) is 1.33. The number of morpholine rings is 1. The molecule has 64 valence electrons. The molecule has 11 heavy (non-hydrogen) atoms. The molecule has 0 unspecified atom stereocenters. The summed E-state index contributed by atoms with van der Waals surface area (Å²) < 4.78 is 7.40. The van der Waals surface area contributed by atoms with Gasteiger partial charge in [0.15, 0.2) is 0 Å². The van der Waals surface area contributed by atoms with E-state index < -0.39 is 0 Å². The molecule has 1 aliphatic heterocycles. The van der Waals surface area contributed by atoms with Gasteiger partial charge in [0.2, 0.25) is 5.84 Å². The van der Waals surface area contributed by atoms with Gasteiger partial charge in [0, 0.05) is 6.92 Å². The van der Waals surface area contributed by atoms with Crippen LogP contribution in [0.15, 0.2) is 0 Å². The lowest BCUT2D eigenvalue weighted by molar-refractivity contribution is -0.471. The van der Waals surface area contributed by atoms with E-state index in [1.807, 2.05) is 0 Å². The SMILES string of the molecule is CC(N1CCOCC1)=[N+](C)C. The minimum Gasteiger partial charge on any atom is -0.373 e. The first kappa shape index (κ1) is 8.53. The Hall–Kier alpha value is -0.570. The smallest absolute Gasteiger partial charge is 0.243 e. The molecule has 0 bridgehead atoms. The molecule has 1 rings (SSSR count). The van der Waals surface area contributed by atoms with E-state index in [0.717, 1.165) is 26.3 Å². The highest BCUT2D eigenvalue weighted by Crippen LogP contribution is 1.97. The van der Waals surface area contributed by atoms with Crippen LogP contribution in [0.4, 0.5) is 0 Å². The molecule has 1 saturated heterocycles. The van der Waals surface area contributed by atoms with E-state index >= 15 is 0 Å². The third-order valence-corrected chi connectivity index (χ3v) is 2.12. The van der Waals surface area contributed by atoms with Crippen molar-refractivity contribution in [2.75, 3.05) is 40.4 Å². The van der Waals surface area contributed by atoms with Gasteiger partial charge in [-0.15, -0.1) is 0 Å². The van der Waals surface area contributed by atoms with E-state index in [-0.39, 0.29) is 0 Å². The molecule has 0 amide bonds. The van der Waals surface area contributed by atoms with Crippen LogP contribution < -0.4 is 0 Å². The third-order valence-electron chi connectivity index (χ3n) is 2.12. The zero-order valence-corrected chi connectivity index (χ0v) is 7.63. The average molecular weight is 157 g/mol. The number of ether oxygens (including phenoxy) is 1. The summed E-state index contributed by atoms with van der Waals surface area (Å²) in [6, 6.07) is 0. The van der Waals surface area contributed by atoms with Crippen LogP contribution in [0.3, 0.4) is 0 Å². The summed E-state index contributed by atoms with van der Waals surface area (Å²) >= 11 is 0. The van der Waals surface area contributed by atoms with Gasteiger partial charge in [-0.05, 0) is 0 Å². The number of hydrogen-bond donors (Lipinski definition) is 0. The quantitative estimate of drug-likeness (QED) is 0.279. The van der Waals surface area contributed by atoms with Gasteiger partial charge in [-0.1, -0.05) is 0 Å². The van der Waals surface area contributed by atoms with Crippen molar-refractivity contribution in [1.29, 1.82) is 0 Å². The standard InChI is InChI=1S/C8H17N2O/c1-8(9(2)3)10-4-6-11-7-5-10/h4-7H2,1-3H3/q+1. The highest BCUT2D eigenvalue weighted by atomic mass is 16.5. The fourth-order valence-electron chi connectivity index (χ4n) is 1.17. The minimum atomic E-state index is 0.866.